The monoisotopic (exact) mass is 353 g/mol. The maximum Gasteiger partial charge on any atom is 0.135 e. The Kier molecular flexibility index (Phi) is 4.92. The smallest absolute Gasteiger partial charge is 0.135 e. The van der Waals surface area contributed by atoms with Crippen molar-refractivity contribution in [3.63, 3.8) is 0 Å². The van der Waals surface area contributed by atoms with E-state index in [1.165, 1.54) is 5.56 Å². The molecule has 3 atom stereocenters. The molecule has 2 aliphatic rings. The second-order valence-electron chi connectivity index (χ2n) is 7.68. The minimum absolute atomic E-state index is 0.117. The van der Waals surface area contributed by atoms with Crippen molar-refractivity contribution in [1.82, 2.24) is 9.97 Å². The van der Waals surface area contributed by atoms with Gasteiger partial charge in [0.05, 0.1) is 12.2 Å². The zero-order valence-corrected chi connectivity index (χ0v) is 15.3. The molecule has 0 bridgehead atoms. The van der Waals surface area contributed by atoms with E-state index < -0.39 is 5.60 Å². The fraction of sp³-hybridized carbons (Fsp3) is 0.524. The molecule has 138 valence electrons. The molecule has 0 aliphatic carbocycles. The number of aromatic nitrogens is 2. The van der Waals surface area contributed by atoms with Gasteiger partial charge in [-0.2, -0.15) is 0 Å². The molecule has 0 spiro atoms. The Bertz CT molecular complexity index is 735. The van der Waals surface area contributed by atoms with E-state index in [0.29, 0.717) is 19.6 Å². The van der Waals surface area contributed by atoms with Gasteiger partial charge < -0.3 is 14.7 Å². The van der Waals surface area contributed by atoms with Crippen LogP contribution in [0.4, 0.5) is 5.82 Å². The molecule has 5 heteroatoms. The van der Waals surface area contributed by atoms with Crippen LogP contribution in [0.1, 0.15) is 37.6 Å². The van der Waals surface area contributed by atoms with Gasteiger partial charge in [-0.05, 0) is 37.8 Å². The number of ether oxygens (including phenoxy) is 1. The van der Waals surface area contributed by atoms with Crippen molar-refractivity contribution in [2.45, 2.75) is 44.2 Å². The summed E-state index contributed by atoms with van der Waals surface area (Å²) in [6, 6.07) is 12.6. The van der Waals surface area contributed by atoms with Crippen LogP contribution in [0.5, 0.6) is 0 Å². The zero-order valence-electron chi connectivity index (χ0n) is 15.3. The second-order valence-corrected chi connectivity index (χ2v) is 7.68. The fourth-order valence-electron chi connectivity index (χ4n) is 4.29. The minimum atomic E-state index is -0.675. The van der Waals surface area contributed by atoms with Gasteiger partial charge in [-0.25, -0.2) is 9.97 Å². The molecule has 0 amide bonds. The summed E-state index contributed by atoms with van der Waals surface area (Å²) >= 11 is 0. The van der Waals surface area contributed by atoms with Gasteiger partial charge >= 0.3 is 0 Å². The van der Waals surface area contributed by atoms with Gasteiger partial charge in [0.1, 0.15) is 11.6 Å². The molecule has 2 aromatic rings. The highest BCUT2D eigenvalue weighted by molar-refractivity contribution is 5.41. The fourth-order valence-corrected chi connectivity index (χ4v) is 4.29. The first kappa shape index (κ1) is 17.4. The lowest BCUT2D eigenvalue weighted by Crippen LogP contribution is -2.52. The van der Waals surface area contributed by atoms with Crippen molar-refractivity contribution < 1.29 is 9.84 Å². The largest absolute Gasteiger partial charge is 0.390 e. The molecule has 0 radical (unpaired) electrons. The summed E-state index contributed by atoms with van der Waals surface area (Å²) in [5.74, 6) is 1.92. The maximum atomic E-state index is 10.9. The van der Waals surface area contributed by atoms with E-state index in [9.17, 15) is 5.11 Å². The van der Waals surface area contributed by atoms with Gasteiger partial charge in [0, 0.05) is 37.7 Å². The third-order valence-corrected chi connectivity index (χ3v) is 5.80. The quantitative estimate of drug-likeness (QED) is 0.916. The van der Waals surface area contributed by atoms with Crippen LogP contribution < -0.4 is 4.90 Å². The average molecular weight is 353 g/mol. The molecule has 1 aromatic heterocycles. The Morgan fingerprint density at radius 3 is 2.92 bits per heavy atom. The van der Waals surface area contributed by atoms with E-state index >= 15 is 0 Å². The van der Waals surface area contributed by atoms with Gasteiger partial charge in [0.15, 0.2) is 0 Å². The minimum Gasteiger partial charge on any atom is -0.390 e. The molecule has 0 saturated carbocycles. The summed E-state index contributed by atoms with van der Waals surface area (Å²) in [6.07, 6.45) is 5.48. The number of hydrogen-bond acceptors (Lipinski definition) is 5. The van der Waals surface area contributed by atoms with Crippen molar-refractivity contribution in [1.29, 1.82) is 0 Å². The standard InChI is InChI=1S/C21H27N3O2/c1-21(25)10-13-26-15-17(21)18-8-5-12-24(18)20-9-11-22-19(23-20)14-16-6-3-2-4-7-16/h2-4,6-7,9,11,17-18,25H,5,8,10,12-15H2,1H3/t17-,18+,21-/m0/s1. The summed E-state index contributed by atoms with van der Waals surface area (Å²) in [5, 5.41) is 10.9. The van der Waals surface area contributed by atoms with Crippen LogP contribution in [-0.4, -0.2) is 46.5 Å². The molecular formula is C21H27N3O2. The zero-order chi connectivity index (χ0) is 18.0. The predicted molar refractivity (Wildman–Crippen MR) is 101 cm³/mol. The Labute approximate surface area is 155 Å². The Morgan fingerprint density at radius 2 is 2.12 bits per heavy atom. The third kappa shape index (κ3) is 3.60. The molecule has 0 unspecified atom stereocenters. The lowest BCUT2D eigenvalue weighted by Gasteiger charge is -2.43. The molecule has 4 rings (SSSR count). The lowest BCUT2D eigenvalue weighted by molar-refractivity contribution is -0.108. The molecular weight excluding hydrogens is 326 g/mol. The summed E-state index contributed by atoms with van der Waals surface area (Å²) < 4.78 is 5.70. The van der Waals surface area contributed by atoms with E-state index in [1.807, 2.05) is 37.4 Å². The van der Waals surface area contributed by atoms with Crippen LogP contribution in [0.15, 0.2) is 42.6 Å². The first-order chi connectivity index (χ1) is 12.6. The molecule has 1 aromatic carbocycles. The van der Waals surface area contributed by atoms with Crippen LogP contribution in [0, 0.1) is 5.92 Å². The number of hydrogen-bond donors (Lipinski definition) is 1. The molecule has 3 heterocycles. The van der Waals surface area contributed by atoms with Crippen molar-refractivity contribution in [3.8, 4) is 0 Å². The lowest BCUT2D eigenvalue weighted by atomic mass is 9.79. The summed E-state index contributed by atoms with van der Waals surface area (Å²) in [7, 11) is 0. The molecule has 2 saturated heterocycles. The Hall–Kier alpha value is -1.98. The topological polar surface area (TPSA) is 58.5 Å². The summed E-state index contributed by atoms with van der Waals surface area (Å²) in [5.41, 5.74) is 0.539. The van der Waals surface area contributed by atoms with Gasteiger partial charge in [0.2, 0.25) is 0 Å². The Balaban J connectivity index is 1.55. The van der Waals surface area contributed by atoms with Crippen LogP contribution >= 0.6 is 0 Å². The highest BCUT2D eigenvalue weighted by Gasteiger charge is 2.44. The average Bonchev–Trinajstić information content (AvgIpc) is 3.12. The highest BCUT2D eigenvalue weighted by atomic mass is 16.5. The second kappa shape index (κ2) is 7.33. The molecule has 2 fully saturated rings. The summed E-state index contributed by atoms with van der Waals surface area (Å²) in [6.45, 7) is 4.19. The molecule has 5 nitrogen and oxygen atoms in total. The van der Waals surface area contributed by atoms with Crippen molar-refractivity contribution in [2.24, 2.45) is 5.92 Å². The van der Waals surface area contributed by atoms with E-state index in [2.05, 4.69) is 22.0 Å². The van der Waals surface area contributed by atoms with E-state index in [1.54, 1.807) is 0 Å². The predicted octanol–water partition coefficient (Wildman–Crippen LogP) is 2.82. The normalized spacial score (nSPS) is 29.1. The maximum absolute atomic E-state index is 10.9. The van der Waals surface area contributed by atoms with Crippen LogP contribution in [0.25, 0.3) is 0 Å². The van der Waals surface area contributed by atoms with Crippen molar-refractivity contribution in [3.05, 3.63) is 54.0 Å². The van der Waals surface area contributed by atoms with E-state index in [-0.39, 0.29) is 12.0 Å². The number of anilines is 1. The summed E-state index contributed by atoms with van der Waals surface area (Å²) in [4.78, 5) is 11.6. The molecule has 26 heavy (non-hydrogen) atoms. The van der Waals surface area contributed by atoms with Crippen molar-refractivity contribution in [2.75, 3.05) is 24.7 Å². The number of rotatable bonds is 4. The number of benzene rings is 1. The van der Waals surface area contributed by atoms with Gasteiger partial charge in [-0.1, -0.05) is 30.3 Å². The van der Waals surface area contributed by atoms with E-state index in [0.717, 1.165) is 37.4 Å². The van der Waals surface area contributed by atoms with Crippen molar-refractivity contribution >= 4 is 5.82 Å². The van der Waals surface area contributed by atoms with Crippen LogP contribution in [-0.2, 0) is 11.2 Å². The first-order valence-corrected chi connectivity index (χ1v) is 9.56. The first-order valence-electron chi connectivity index (χ1n) is 9.56. The van der Waals surface area contributed by atoms with Gasteiger partial charge in [-0.3, -0.25) is 0 Å². The van der Waals surface area contributed by atoms with Gasteiger partial charge in [-0.15, -0.1) is 0 Å². The van der Waals surface area contributed by atoms with Crippen LogP contribution in [0.3, 0.4) is 0 Å². The third-order valence-electron chi connectivity index (χ3n) is 5.80. The number of aliphatic hydroxyl groups is 1. The SMILES string of the molecule is C[C@]1(O)CCOC[C@H]1[C@H]1CCCN1c1ccnc(Cc2ccccc2)n1. The Morgan fingerprint density at radius 1 is 1.27 bits per heavy atom. The highest BCUT2D eigenvalue weighted by Crippen LogP contribution is 2.37. The van der Waals surface area contributed by atoms with E-state index in [4.69, 9.17) is 9.72 Å². The van der Waals surface area contributed by atoms with Gasteiger partial charge in [0.25, 0.3) is 0 Å². The van der Waals surface area contributed by atoms with Crippen LogP contribution in [0.2, 0.25) is 0 Å². The number of nitrogens with zero attached hydrogens (tertiary/aromatic N) is 3. The molecule has 1 N–H and O–H groups in total. The molecule has 2 aliphatic heterocycles.